The molecule has 4 heteroatoms. The van der Waals surface area contributed by atoms with Crippen molar-refractivity contribution in [1.82, 2.24) is 5.32 Å². The molecule has 0 aromatic heterocycles. The summed E-state index contributed by atoms with van der Waals surface area (Å²) in [6, 6.07) is 10.2. The van der Waals surface area contributed by atoms with Crippen molar-refractivity contribution in [3.63, 3.8) is 0 Å². The number of hydrogen-bond donors (Lipinski definition) is 1. The van der Waals surface area contributed by atoms with Gasteiger partial charge < -0.3 is 10.1 Å². The molecule has 0 aliphatic rings. The molecule has 1 N–H and O–H groups in total. The van der Waals surface area contributed by atoms with Gasteiger partial charge in [0.15, 0.2) is 0 Å². The maximum atomic E-state index is 5.53. The lowest BCUT2D eigenvalue weighted by molar-refractivity contribution is 0.118. The fraction of sp³-hybridized carbons (Fsp3) is 0.500. The number of hydrogen-bond acceptors (Lipinski definition) is 2. The van der Waals surface area contributed by atoms with Gasteiger partial charge in [0.2, 0.25) is 0 Å². The van der Waals surface area contributed by atoms with Crippen LogP contribution in [0.15, 0.2) is 30.3 Å². The van der Waals surface area contributed by atoms with Crippen LogP contribution in [0.4, 0.5) is 0 Å². The van der Waals surface area contributed by atoms with Gasteiger partial charge in [-0.2, -0.15) is 0 Å². The quantitative estimate of drug-likeness (QED) is 0.576. The zero-order valence-electron chi connectivity index (χ0n) is 9.32. The lowest BCUT2D eigenvalue weighted by Crippen LogP contribution is -2.18. The number of rotatable bonds is 8. The summed E-state index contributed by atoms with van der Waals surface area (Å²) in [7, 11) is 0. The van der Waals surface area contributed by atoms with E-state index in [0.717, 1.165) is 26.1 Å². The third kappa shape index (κ3) is 7.94. The number of benzene rings is 1. The average Bonchev–Trinajstić information content (AvgIpc) is 2.29. The average molecular weight is 264 g/mol. The molecule has 0 heterocycles. The highest BCUT2D eigenvalue weighted by Crippen LogP contribution is 2.00. The molecule has 1 rings (SSSR count). The van der Waals surface area contributed by atoms with Gasteiger partial charge in [0.05, 0.1) is 6.61 Å². The van der Waals surface area contributed by atoms with Crippen LogP contribution in [0.3, 0.4) is 0 Å². The molecule has 0 amide bonds. The van der Waals surface area contributed by atoms with Crippen molar-refractivity contribution in [2.45, 2.75) is 13.0 Å². The van der Waals surface area contributed by atoms with E-state index in [9.17, 15) is 0 Å². The van der Waals surface area contributed by atoms with E-state index in [2.05, 4.69) is 17.4 Å². The molecule has 1 aromatic carbocycles. The maximum Gasteiger partial charge on any atom is 0.0716 e. The molecule has 2 nitrogen and oxygen atoms in total. The van der Waals surface area contributed by atoms with Crippen LogP contribution in [-0.4, -0.2) is 25.6 Å². The first-order chi connectivity index (χ1) is 7.43. The molecule has 0 fully saturated rings. The molecule has 92 valence electrons. The Bertz CT molecular complexity index is 244. The van der Waals surface area contributed by atoms with Gasteiger partial charge in [-0.3, -0.25) is 0 Å². The van der Waals surface area contributed by atoms with Gasteiger partial charge in [-0.05, 0) is 18.5 Å². The van der Waals surface area contributed by atoms with E-state index in [-0.39, 0.29) is 12.4 Å². The van der Waals surface area contributed by atoms with Gasteiger partial charge in [-0.1, -0.05) is 30.3 Å². The van der Waals surface area contributed by atoms with E-state index in [0.29, 0.717) is 12.5 Å². The van der Waals surface area contributed by atoms with Crippen molar-refractivity contribution >= 4 is 24.0 Å². The van der Waals surface area contributed by atoms with Crippen LogP contribution in [-0.2, 0) is 11.3 Å². The minimum Gasteiger partial charge on any atom is -0.377 e. The summed E-state index contributed by atoms with van der Waals surface area (Å²) in [5.74, 6) is 0.672. The summed E-state index contributed by atoms with van der Waals surface area (Å²) in [5, 5.41) is 3.22. The predicted molar refractivity (Wildman–Crippen MR) is 71.6 cm³/mol. The van der Waals surface area contributed by atoms with Gasteiger partial charge in [0.25, 0.3) is 0 Å². The van der Waals surface area contributed by atoms with Crippen LogP contribution in [0.25, 0.3) is 0 Å². The van der Waals surface area contributed by atoms with Crippen molar-refractivity contribution in [3.8, 4) is 0 Å². The van der Waals surface area contributed by atoms with Crippen LogP contribution >= 0.6 is 24.0 Å². The summed E-state index contributed by atoms with van der Waals surface area (Å²) in [4.78, 5) is 0. The standard InChI is InChI=1S/C12H18ClNO.ClH/c13-7-9-14-8-4-10-15-11-12-5-2-1-3-6-12;/h1-3,5-6,14H,4,7-11H2;1H. The lowest BCUT2D eigenvalue weighted by atomic mass is 10.2. The summed E-state index contributed by atoms with van der Waals surface area (Å²) in [6.45, 7) is 3.35. The van der Waals surface area contributed by atoms with E-state index in [1.165, 1.54) is 5.56 Å². The highest BCUT2D eigenvalue weighted by Gasteiger charge is 1.91. The van der Waals surface area contributed by atoms with E-state index < -0.39 is 0 Å². The SMILES string of the molecule is Cl.ClCCNCCCOCc1ccccc1. The molecule has 0 aliphatic carbocycles. The van der Waals surface area contributed by atoms with Crippen molar-refractivity contribution in [3.05, 3.63) is 35.9 Å². The topological polar surface area (TPSA) is 21.3 Å². The smallest absolute Gasteiger partial charge is 0.0716 e. The van der Waals surface area contributed by atoms with Crippen molar-refractivity contribution in [1.29, 1.82) is 0 Å². The number of ether oxygens (including phenoxy) is 1. The zero-order valence-corrected chi connectivity index (χ0v) is 10.9. The number of halogens is 2. The Kier molecular flexibility index (Phi) is 11.0. The highest BCUT2D eigenvalue weighted by molar-refractivity contribution is 6.18. The fourth-order valence-corrected chi connectivity index (χ4v) is 1.39. The van der Waals surface area contributed by atoms with Gasteiger partial charge in [0.1, 0.15) is 0 Å². The third-order valence-corrected chi connectivity index (χ3v) is 2.21. The number of nitrogens with one attached hydrogen (secondary N) is 1. The van der Waals surface area contributed by atoms with Gasteiger partial charge >= 0.3 is 0 Å². The van der Waals surface area contributed by atoms with Gasteiger partial charge in [-0.15, -0.1) is 24.0 Å². The first-order valence-electron chi connectivity index (χ1n) is 5.32. The maximum absolute atomic E-state index is 5.53. The summed E-state index contributed by atoms with van der Waals surface area (Å²) in [6.07, 6.45) is 1.03. The molecule has 0 unspecified atom stereocenters. The van der Waals surface area contributed by atoms with E-state index in [1.54, 1.807) is 0 Å². The largest absolute Gasteiger partial charge is 0.377 e. The highest BCUT2D eigenvalue weighted by atomic mass is 35.5. The minimum atomic E-state index is 0. The van der Waals surface area contributed by atoms with Crippen LogP contribution in [0.1, 0.15) is 12.0 Å². The summed E-state index contributed by atoms with van der Waals surface area (Å²) >= 11 is 5.53. The second-order valence-electron chi connectivity index (χ2n) is 3.33. The Hall–Kier alpha value is -0.280. The minimum absolute atomic E-state index is 0. The Labute approximate surface area is 109 Å². The summed E-state index contributed by atoms with van der Waals surface area (Å²) < 4.78 is 5.53. The molecule has 1 aromatic rings. The molecule has 0 saturated heterocycles. The van der Waals surface area contributed by atoms with E-state index in [1.807, 2.05) is 18.2 Å². The van der Waals surface area contributed by atoms with Gasteiger partial charge in [-0.25, -0.2) is 0 Å². The second-order valence-corrected chi connectivity index (χ2v) is 3.71. The van der Waals surface area contributed by atoms with Crippen LogP contribution < -0.4 is 5.32 Å². The van der Waals surface area contributed by atoms with Crippen LogP contribution in [0.2, 0.25) is 0 Å². The molecule has 16 heavy (non-hydrogen) atoms. The molecule has 0 bridgehead atoms. The van der Waals surface area contributed by atoms with Gasteiger partial charge in [0, 0.05) is 19.0 Å². The lowest BCUT2D eigenvalue weighted by Gasteiger charge is -2.04. The van der Waals surface area contributed by atoms with Crippen molar-refractivity contribution < 1.29 is 4.74 Å². The normalized spacial score (nSPS) is 9.81. The molecular formula is C12H19Cl2NO. The first-order valence-corrected chi connectivity index (χ1v) is 5.85. The van der Waals surface area contributed by atoms with E-state index >= 15 is 0 Å². The fourth-order valence-electron chi connectivity index (χ4n) is 1.26. The molecule has 0 radical (unpaired) electrons. The van der Waals surface area contributed by atoms with Crippen molar-refractivity contribution in [2.75, 3.05) is 25.6 Å². The molecule has 0 aliphatic heterocycles. The monoisotopic (exact) mass is 263 g/mol. The van der Waals surface area contributed by atoms with Crippen LogP contribution in [0, 0.1) is 0 Å². The summed E-state index contributed by atoms with van der Waals surface area (Å²) in [5.41, 5.74) is 1.23. The van der Waals surface area contributed by atoms with E-state index in [4.69, 9.17) is 16.3 Å². The molecule has 0 spiro atoms. The molecule has 0 saturated carbocycles. The molecular weight excluding hydrogens is 245 g/mol. The Morgan fingerprint density at radius 2 is 1.88 bits per heavy atom. The Balaban J connectivity index is 0.00000225. The Morgan fingerprint density at radius 1 is 1.12 bits per heavy atom. The van der Waals surface area contributed by atoms with Crippen LogP contribution in [0.5, 0.6) is 0 Å². The predicted octanol–water partition coefficient (Wildman–Crippen LogP) is 2.84. The first kappa shape index (κ1) is 15.7. The second kappa shape index (κ2) is 11.2. The zero-order chi connectivity index (χ0) is 10.8. The molecule has 0 atom stereocenters. The number of alkyl halides is 1. The Morgan fingerprint density at radius 3 is 2.56 bits per heavy atom. The van der Waals surface area contributed by atoms with Crippen molar-refractivity contribution in [2.24, 2.45) is 0 Å². The third-order valence-electron chi connectivity index (χ3n) is 2.03.